The molecule has 142 valence electrons. The van der Waals surface area contributed by atoms with Gasteiger partial charge in [0.25, 0.3) is 0 Å². The largest absolute Gasteiger partial charge is 0.445 e. The molecule has 0 spiro atoms. The Kier molecular flexibility index (Phi) is 4.83. The zero-order valence-electron chi connectivity index (χ0n) is 15.5. The summed E-state index contributed by atoms with van der Waals surface area (Å²) in [6, 6.07) is 13.3. The molecule has 2 saturated heterocycles. The van der Waals surface area contributed by atoms with E-state index in [0.29, 0.717) is 18.5 Å². The molecule has 1 N–H and O–H groups in total. The number of carbonyl (C=O) groups excluding carboxylic acids is 1. The first kappa shape index (κ1) is 17.9. The number of piperidine rings is 2. The second-order valence-corrected chi connectivity index (χ2v) is 7.69. The minimum atomic E-state index is -1.04. The summed E-state index contributed by atoms with van der Waals surface area (Å²) in [5, 5.41) is 19.6. The molecule has 6 heteroatoms. The second kappa shape index (κ2) is 7.27. The van der Waals surface area contributed by atoms with E-state index >= 15 is 0 Å². The Bertz CT molecular complexity index is 780. The van der Waals surface area contributed by atoms with Crippen LogP contribution in [0.2, 0.25) is 0 Å². The maximum atomic E-state index is 12.8. The Morgan fingerprint density at radius 2 is 1.85 bits per heavy atom. The van der Waals surface area contributed by atoms with Gasteiger partial charge in [0.1, 0.15) is 12.2 Å². The normalized spacial score (nSPS) is 27.3. The molecule has 6 nitrogen and oxygen atoms in total. The van der Waals surface area contributed by atoms with Gasteiger partial charge in [-0.2, -0.15) is 10.2 Å². The number of aryl methyl sites for hydroxylation is 1. The van der Waals surface area contributed by atoms with E-state index in [1.54, 1.807) is 0 Å². The first-order valence-electron chi connectivity index (χ1n) is 9.57. The smallest absolute Gasteiger partial charge is 0.410 e. The zero-order valence-corrected chi connectivity index (χ0v) is 15.5. The van der Waals surface area contributed by atoms with Gasteiger partial charge >= 0.3 is 6.09 Å². The SMILES string of the molecule is Cc1ccc(C2(O)CC3CCCC(C2)N3C(=O)OCc2ccccc2)nn1. The van der Waals surface area contributed by atoms with Crippen molar-refractivity contribution in [2.24, 2.45) is 0 Å². The number of rotatable bonds is 3. The van der Waals surface area contributed by atoms with Crippen molar-refractivity contribution in [3.8, 4) is 0 Å². The predicted octanol–water partition coefficient (Wildman–Crippen LogP) is 3.33. The summed E-state index contributed by atoms with van der Waals surface area (Å²) >= 11 is 0. The van der Waals surface area contributed by atoms with E-state index in [0.717, 1.165) is 30.5 Å². The Morgan fingerprint density at radius 3 is 2.48 bits per heavy atom. The number of fused-ring (bicyclic) bond motifs is 2. The molecular weight excluding hydrogens is 342 g/mol. The van der Waals surface area contributed by atoms with E-state index in [9.17, 15) is 9.90 Å². The van der Waals surface area contributed by atoms with Crippen LogP contribution in [0.4, 0.5) is 4.79 Å². The summed E-state index contributed by atoms with van der Waals surface area (Å²) in [7, 11) is 0. The lowest BCUT2D eigenvalue weighted by molar-refractivity contribution is -0.0922. The first-order valence-corrected chi connectivity index (χ1v) is 9.57. The highest BCUT2D eigenvalue weighted by molar-refractivity contribution is 5.69. The number of amides is 1. The highest BCUT2D eigenvalue weighted by atomic mass is 16.6. The van der Waals surface area contributed by atoms with Crippen LogP contribution in [0.5, 0.6) is 0 Å². The van der Waals surface area contributed by atoms with Crippen LogP contribution in [-0.2, 0) is 16.9 Å². The van der Waals surface area contributed by atoms with Crippen LogP contribution < -0.4 is 0 Å². The van der Waals surface area contributed by atoms with Crippen LogP contribution in [0.15, 0.2) is 42.5 Å². The number of ether oxygens (including phenoxy) is 1. The first-order chi connectivity index (χ1) is 13.0. The maximum absolute atomic E-state index is 12.8. The van der Waals surface area contributed by atoms with E-state index in [4.69, 9.17) is 4.74 Å². The van der Waals surface area contributed by atoms with Crippen molar-refractivity contribution >= 4 is 6.09 Å². The molecule has 1 amide bonds. The standard InChI is InChI=1S/C21H25N3O3/c1-15-10-11-19(23-22-15)21(26)12-17-8-5-9-18(13-21)24(17)20(25)27-14-16-6-3-2-4-7-16/h2-4,6-7,10-11,17-18,26H,5,8-9,12-14H2,1H3. The van der Waals surface area contributed by atoms with Gasteiger partial charge in [0.15, 0.2) is 0 Å². The molecule has 2 unspecified atom stereocenters. The quantitative estimate of drug-likeness (QED) is 0.901. The molecule has 0 radical (unpaired) electrons. The molecular formula is C21H25N3O3. The van der Waals surface area contributed by atoms with Crippen LogP contribution in [-0.4, -0.2) is 38.4 Å². The molecule has 2 aromatic rings. The van der Waals surface area contributed by atoms with E-state index in [1.165, 1.54) is 0 Å². The van der Waals surface area contributed by atoms with Crippen LogP contribution >= 0.6 is 0 Å². The van der Waals surface area contributed by atoms with Gasteiger partial charge < -0.3 is 14.7 Å². The molecule has 3 heterocycles. The molecule has 1 aromatic carbocycles. The number of hydrogen-bond donors (Lipinski definition) is 1. The van der Waals surface area contributed by atoms with Gasteiger partial charge in [-0.05, 0) is 43.9 Å². The van der Waals surface area contributed by atoms with Crippen molar-refractivity contribution in [1.29, 1.82) is 0 Å². The van der Waals surface area contributed by atoms with Gasteiger partial charge in [-0.15, -0.1) is 0 Å². The summed E-state index contributed by atoms with van der Waals surface area (Å²) in [5.74, 6) is 0. The van der Waals surface area contributed by atoms with Gasteiger partial charge in [0.2, 0.25) is 0 Å². The molecule has 2 atom stereocenters. The van der Waals surface area contributed by atoms with Gasteiger partial charge in [-0.1, -0.05) is 30.3 Å². The fourth-order valence-electron chi connectivity index (χ4n) is 4.38. The van der Waals surface area contributed by atoms with Gasteiger partial charge in [-0.3, -0.25) is 0 Å². The highest BCUT2D eigenvalue weighted by Crippen LogP contribution is 2.43. The van der Waals surface area contributed by atoms with Crippen molar-refractivity contribution in [3.05, 3.63) is 59.4 Å². The van der Waals surface area contributed by atoms with Gasteiger partial charge in [0.05, 0.1) is 11.4 Å². The second-order valence-electron chi connectivity index (χ2n) is 7.69. The van der Waals surface area contributed by atoms with Crippen molar-refractivity contribution < 1.29 is 14.6 Å². The number of nitrogens with zero attached hydrogens (tertiary/aromatic N) is 3. The fraction of sp³-hybridized carbons (Fsp3) is 0.476. The minimum absolute atomic E-state index is 0.0334. The Labute approximate surface area is 159 Å². The van der Waals surface area contributed by atoms with Crippen molar-refractivity contribution in [2.45, 2.75) is 63.3 Å². The summed E-state index contributed by atoms with van der Waals surface area (Å²) < 4.78 is 5.57. The fourth-order valence-corrected chi connectivity index (χ4v) is 4.38. The van der Waals surface area contributed by atoms with Crippen molar-refractivity contribution in [3.63, 3.8) is 0 Å². The Hall–Kier alpha value is -2.47. The van der Waals surface area contributed by atoms with E-state index < -0.39 is 5.60 Å². The molecule has 27 heavy (non-hydrogen) atoms. The van der Waals surface area contributed by atoms with Crippen molar-refractivity contribution in [2.75, 3.05) is 0 Å². The van der Waals surface area contributed by atoms with Gasteiger partial charge in [-0.25, -0.2) is 4.79 Å². The third-order valence-corrected chi connectivity index (χ3v) is 5.70. The molecule has 2 fully saturated rings. The molecule has 2 aliphatic rings. The Balaban J connectivity index is 1.48. The number of carbonyl (C=O) groups is 1. The number of hydrogen-bond acceptors (Lipinski definition) is 5. The van der Waals surface area contributed by atoms with Crippen LogP contribution in [0.3, 0.4) is 0 Å². The van der Waals surface area contributed by atoms with Gasteiger partial charge in [0, 0.05) is 24.9 Å². The molecule has 1 aromatic heterocycles. The lowest BCUT2D eigenvalue weighted by Gasteiger charge is -2.50. The predicted molar refractivity (Wildman–Crippen MR) is 99.8 cm³/mol. The number of aliphatic hydroxyl groups is 1. The lowest BCUT2D eigenvalue weighted by Crippen LogP contribution is -2.59. The topological polar surface area (TPSA) is 75.5 Å². The van der Waals surface area contributed by atoms with E-state index in [1.807, 2.05) is 54.3 Å². The van der Waals surface area contributed by atoms with Crippen molar-refractivity contribution in [1.82, 2.24) is 15.1 Å². The highest BCUT2D eigenvalue weighted by Gasteiger charge is 2.49. The number of benzene rings is 1. The molecule has 4 rings (SSSR count). The van der Waals surface area contributed by atoms with E-state index in [2.05, 4.69) is 10.2 Å². The monoisotopic (exact) mass is 367 g/mol. The van der Waals surface area contributed by atoms with Crippen LogP contribution in [0.25, 0.3) is 0 Å². The molecule has 0 saturated carbocycles. The van der Waals surface area contributed by atoms with E-state index in [-0.39, 0.29) is 24.8 Å². The van der Waals surface area contributed by atoms with Crippen LogP contribution in [0, 0.1) is 6.92 Å². The summed E-state index contributed by atoms with van der Waals surface area (Å²) in [5.41, 5.74) is 1.36. The number of aromatic nitrogens is 2. The molecule has 2 aliphatic heterocycles. The average molecular weight is 367 g/mol. The Morgan fingerprint density at radius 1 is 1.15 bits per heavy atom. The molecule has 2 bridgehead atoms. The minimum Gasteiger partial charge on any atom is -0.445 e. The summed E-state index contributed by atoms with van der Waals surface area (Å²) in [6.07, 6.45) is 3.47. The zero-order chi connectivity index (χ0) is 18.9. The third kappa shape index (κ3) is 3.67. The molecule has 0 aliphatic carbocycles. The summed E-state index contributed by atoms with van der Waals surface area (Å²) in [6.45, 7) is 2.14. The summed E-state index contributed by atoms with van der Waals surface area (Å²) in [4.78, 5) is 14.6. The van der Waals surface area contributed by atoms with Crippen LogP contribution in [0.1, 0.15) is 49.1 Å². The third-order valence-electron chi connectivity index (χ3n) is 5.70. The maximum Gasteiger partial charge on any atom is 0.410 e. The average Bonchev–Trinajstić information content (AvgIpc) is 2.67. The lowest BCUT2D eigenvalue weighted by atomic mass is 9.74.